The number of nitrogens with zero attached hydrogens (tertiary/aromatic N) is 1. The van der Waals surface area contributed by atoms with Crippen LogP contribution in [-0.2, 0) is 16.0 Å². The first kappa shape index (κ1) is 19.7. The van der Waals surface area contributed by atoms with Gasteiger partial charge in [0.1, 0.15) is 11.4 Å². The minimum absolute atomic E-state index is 0.0419. The van der Waals surface area contributed by atoms with Gasteiger partial charge in [-0.2, -0.15) is 0 Å². The Morgan fingerprint density at radius 1 is 1.40 bits per heavy atom. The zero-order valence-electron chi connectivity index (χ0n) is 14.6. The first-order valence-corrected chi connectivity index (χ1v) is 8.97. The maximum atomic E-state index is 13.6. The number of aliphatic carboxylic acids is 1. The lowest BCUT2D eigenvalue weighted by molar-refractivity contribution is -0.152. The standard InChI is InChI=1S/C18H23BrFNO4/c1-17(2,3)25-16(24)21-8-4-7-18(11-21,15(22)23)10-12-9-13(20)5-6-14(12)19/h5-6,9H,4,7-8,10-11H2,1-3H3,(H,22,23). The molecule has 0 radical (unpaired) electrons. The number of hydrogen-bond acceptors (Lipinski definition) is 3. The number of piperidine rings is 1. The van der Waals surface area contributed by atoms with Crippen molar-refractivity contribution in [2.24, 2.45) is 5.41 Å². The molecular formula is C18H23BrFNO4. The van der Waals surface area contributed by atoms with Crippen LogP contribution in [0.3, 0.4) is 0 Å². The fourth-order valence-electron chi connectivity index (χ4n) is 3.05. The van der Waals surface area contributed by atoms with Crippen molar-refractivity contribution in [1.29, 1.82) is 0 Å². The molecule has 25 heavy (non-hydrogen) atoms. The first-order valence-electron chi connectivity index (χ1n) is 8.18. The number of halogens is 2. The summed E-state index contributed by atoms with van der Waals surface area (Å²) in [6, 6.07) is 4.21. The second-order valence-corrected chi connectivity index (χ2v) is 8.36. The molecule has 5 nitrogen and oxygen atoms in total. The molecule has 1 aromatic carbocycles. The van der Waals surface area contributed by atoms with E-state index in [1.165, 1.54) is 17.0 Å². The maximum absolute atomic E-state index is 13.6. The minimum atomic E-state index is -1.16. The Morgan fingerprint density at radius 2 is 2.08 bits per heavy atom. The van der Waals surface area contributed by atoms with Crippen LogP contribution < -0.4 is 0 Å². The van der Waals surface area contributed by atoms with Crippen LogP contribution in [0.5, 0.6) is 0 Å². The van der Waals surface area contributed by atoms with Crippen LogP contribution in [0.1, 0.15) is 39.2 Å². The lowest BCUT2D eigenvalue weighted by Gasteiger charge is -2.40. The van der Waals surface area contributed by atoms with Gasteiger partial charge < -0.3 is 14.7 Å². The van der Waals surface area contributed by atoms with Crippen LogP contribution >= 0.6 is 15.9 Å². The lowest BCUT2D eigenvalue weighted by Crippen LogP contribution is -2.52. The Bertz CT molecular complexity index is 674. The summed E-state index contributed by atoms with van der Waals surface area (Å²) >= 11 is 3.35. The number of likely N-dealkylation sites (tertiary alicyclic amines) is 1. The summed E-state index contributed by atoms with van der Waals surface area (Å²) in [7, 11) is 0. The van der Waals surface area contributed by atoms with Gasteiger partial charge >= 0.3 is 12.1 Å². The van der Waals surface area contributed by atoms with Crippen LogP contribution in [0.25, 0.3) is 0 Å². The fourth-order valence-corrected chi connectivity index (χ4v) is 3.44. The number of benzene rings is 1. The van der Waals surface area contributed by atoms with Gasteiger partial charge in [0.15, 0.2) is 0 Å². The summed E-state index contributed by atoms with van der Waals surface area (Å²) in [5.74, 6) is -1.41. The zero-order chi connectivity index (χ0) is 18.8. The van der Waals surface area contributed by atoms with Crippen molar-refractivity contribution in [1.82, 2.24) is 4.90 Å². The van der Waals surface area contributed by atoms with Crippen molar-refractivity contribution in [2.45, 2.75) is 45.6 Å². The Kier molecular flexibility index (Phi) is 5.76. The van der Waals surface area contributed by atoms with Gasteiger partial charge in [0.05, 0.1) is 5.41 Å². The molecule has 0 saturated carbocycles. The fraction of sp³-hybridized carbons (Fsp3) is 0.556. The summed E-state index contributed by atoms with van der Waals surface area (Å²) in [6.07, 6.45) is 0.597. The topological polar surface area (TPSA) is 66.8 Å². The summed E-state index contributed by atoms with van der Waals surface area (Å²) in [5.41, 5.74) is -1.23. The van der Waals surface area contributed by atoms with Crippen molar-refractivity contribution in [3.8, 4) is 0 Å². The highest BCUT2D eigenvalue weighted by Crippen LogP contribution is 2.36. The van der Waals surface area contributed by atoms with Gasteiger partial charge in [0.2, 0.25) is 0 Å². The number of carboxylic acids is 1. The van der Waals surface area contributed by atoms with Gasteiger partial charge in [-0.05, 0) is 63.8 Å². The molecule has 1 aliphatic heterocycles. The third-order valence-electron chi connectivity index (χ3n) is 4.22. The molecule has 7 heteroatoms. The van der Waals surface area contributed by atoms with E-state index in [1.54, 1.807) is 26.8 Å². The van der Waals surface area contributed by atoms with Crippen LogP contribution in [0.2, 0.25) is 0 Å². The van der Waals surface area contributed by atoms with E-state index < -0.39 is 28.9 Å². The van der Waals surface area contributed by atoms with Crippen molar-refractivity contribution in [3.63, 3.8) is 0 Å². The molecule has 0 spiro atoms. The molecule has 1 fully saturated rings. The number of carbonyl (C=O) groups is 2. The molecule has 2 rings (SSSR count). The van der Waals surface area contributed by atoms with Gasteiger partial charge in [-0.25, -0.2) is 9.18 Å². The highest BCUT2D eigenvalue weighted by molar-refractivity contribution is 9.10. The number of carbonyl (C=O) groups excluding carboxylic acids is 1. The van der Waals surface area contributed by atoms with E-state index in [9.17, 15) is 19.1 Å². The summed E-state index contributed by atoms with van der Waals surface area (Å²) in [5, 5.41) is 9.85. The number of amides is 1. The average Bonchev–Trinajstić information content (AvgIpc) is 2.49. The van der Waals surface area contributed by atoms with E-state index in [1.807, 2.05) is 0 Å². The average molecular weight is 416 g/mol. The largest absolute Gasteiger partial charge is 0.481 e. The van der Waals surface area contributed by atoms with E-state index in [4.69, 9.17) is 4.74 Å². The molecule has 1 aliphatic rings. The molecule has 1 amide bonds. The van der Waals surface area contributed by atoms with Gasteiger partial charge in [0, 0.05) is 17.6 Å². The van der Waals surface area contributed by atoms with Gasteiger partial charge in [-0.15, -0.1) is 0 Å². The van der Waals surface area contributed by atoms with Crippen LogP contribution in [0.15, 0.2) is 22.7 Å². The van der Waals surface area contributed by atoms with E-state index in [2.05, 4.69) is 15.9 Å². The summed E-state index contributed by atoms with van der Waals surface area (Å²) in [4.78, 5) is 25.8. The smallest absolute Gasteiger partial charge is 0.410 e. The second-order valence-electron chi connectivity index (χ2n) is 7.50. The Morgan fingerprint density at radius 3 is 2.68 bits per heavy atom. The number of rotatable bonds is 3. The van der Waals surface area contributed by atoms with Gasteiger partial charge in [-0.1, -0.05) is 15.9 Å². The number of hydrogen-bond donors (Lipinski definition) is 1. The third kappa shape index (κ3) is 4.93. The van der Waals surface area contributed by atoms with Crippen molar-refractivity contribution in [2.75, 3.05) is 13.1 Å². The maximum Gasteiger partial charge on any atom is 0.410 e. The molecular weight excluding hydrogens is 393 g/mol. The van der Waals surface area contributed by atoms with E-state index in [0.717, 1.165) is 0 Å². The van der Waals surface area contributed by atoms with Gasteiger partial charge in [0.25, 0.3) is 0 Å². The molecule has 1 saturated heterocycles. The second kappa shape index (κ2) is 7.32. The van der Waals surface area contributed by atoms with Crippen LogP contribution in [0.4, 0.5) is 9.18 Å². The summed E-state index contributed by atoms with van der Waals surface area (Å²) in [6.45, 7) is 5.80. The molecule has 1 heterocycles. The molecule has 1 atom stereocenters. The van der Waals surface area contributed by atoms with Crippen molar-refractivity contribution < 1.29 is 23.8 Å². The van der Waals surface area contributed by atoms with Crippen molar-refractivity contribution >= 4 is 28.0 Å². The Balaban J connectivity index is 2.25. The molecule has 1 aromatic rings. The molecule has 1 N–H and O–H groups in total. The zero-order valence-corrected chi connectivity index (χ0v) is 16.2. The molecule has 0 aromatic heterocycles. The summed E-state index contributed by atoms with van der Waals surface area (Å²) < 4.78 is 19.6. The predicted molar refractivity (Wildman–Crippen MR) is 94.9 cm³/mol. The molecule has 138 valence electrons. The number of carboxylic acid groups (broad SMARTS) is 1. The van der Waals surface area contributed by atoms with Crippen LogP contribution in [0, 0.1) is 11.2 Å². The molecule has 1 unspecified atom stereocenters. The van der Waals surface area contributed by atoms with Gasteiger partial charge in [-0.3, -0.25) is 4.79 Å². The molecule has 0 bridgehead atoms. The highest BCUT2D eigenvalue weighted by Gasteiger charge is 2.44. The third-order valence-corrected chi connectivity index (χ3v) is 4.99. The Labute approximate surface area is 155 Å². The predicted octanol–water partition coefficient (Wildman–Crippen LogP) is 4.23. The highest BCUT2D eigenvalue weighted by atomic mass is 79.9. The van der Waals surface area contributed by atoms with E-state index in [-0.39, 0.29) is 13.0 Å². The van der Waals surface area contributed by atoms with Crippen molar-refractivity contribution in [3.05, 3.63) is 34.1 Å². The minimum Gasteiger partial charge on any atom is -0.481 e. The number of ether oxygens (including phenoxy) is 1. The lowest BCUT2D eigenvalue weighted by atomic mass is 9.75. The molecule has 0 aliphatic carbocycles. The Hall–Kier alpha value is -1.63. The van der Waals surface area contributed by atoms with E-state index in [0.29, 0.717) is 29.4 Å². The quantitative estimate of drug-likeness (QED) is 0.801. The SMILES string of the molecule is CC(C)(C)OC(=O)N1CCCC(Cc2cc(F)ccc2Br)(C(=O)O)C1. The first-order chi connectivity index (χ1) is 11.5. The van der Waals surface area contributed by atoms with E-state index >= 15 is 0 Å². The monoisotopic (exact) mass is 415 g/mol. The van der Waals surface area contributed by atoms with Crippen LogP contribution in [-0.4, -0.2) is 40.8 Å². The normalized spacial score (nSPS) is 21.1.